The standard InChI is InChI=1S/C12H12BrFN2O/c1-2-10(15)12-6-11(16-17-12)8-4-3-7(13)5-9(8)14/h3-6,10H,2,15H2,1H3. The maximum absolute atomic E-state index is 13.7. The van der Waals surface area contributed by atoms with Crippen LogP contribution >= 0.6 is 15.9 Å². The van der Waals surface area contributed by atoms with E-state index in [1.54, 1.807) is 18.2 Å². The van der Waals surface area contributed by atoms with Crippen LogP contribution in [0.1, 0.15) is 25.1 Å². The molecule has 2 N–H and O–H groups in total. The van der Waals surface area contributed by atoms with Crippen LogP contribution in [0.2, 0.25) is 0 Å². The molecule has 0 aliphatic heterocycles. The molecule has 1 unspecified atom stereocenters. The summed E-state index contributed by atoms with van der Waals surface area (Å²) in [6.07, 6.45) is 0.747. The van der Waals surface area contributed by atoms with E-state index in [9.17, 15) is 4.39 Å². The van der Waals surface area contributed by atoms with Gasteiger partial charge in [0.25, 0.3) is 0 Å². The van der Waals surface area contributed by atoms with Crippen LogP contribution in [0.4, 0.5) is 4.39 Å². The molecule has 0 saturated carbocycles. The predicted molar refractivity (Wildman–Crippen MR) is 66.8 cm³/mol. The molecule has 90 valence electrons. The molecule has 5 heteroatoms. The molecule has 2 rings (SSSR count). The molecule has 1 aromatic carbocycles. The van der Waals surface area contributed by atoms with Crippen molar-refractivity contribution in [3.05, 3.63) is 40.3 Å². The van der Waals surface area contributed by atoms with Crippen LogP contribution in [0.3, 0.4) is 0 Å². The van der Waals surface area contributed by atoms with Gasteiger partial charge in [0.15, 0.2) is 5.76 Å². The van der Waals surface area contributed by atoms with Crippen molar-refractivity contribution in [2.75, 3.05) is 0 Å². The molecule has 0 fully saturated rings. The minimum atomic E-state index is -0.343. The zero-order valence-electron chi connectivity index (χ0n) is 9.28. The molecule has 1 atom stereocenters. The second kappa shape index (κ2) is 4.98. The molecule has 2 aromatic rings. The lowest BCUT2D eigenvalue weighted by Gasteiger charge is -2.01. The van der Waals surface area contributed by atoms with E-state index in [4.69, 9.17) is 10.3 Å². The summed E-state index contributed by atoms with van der Waals surface area (Å²) in [5.74, 6) is 0.231. The third kappa shape index (κ3) is 2.56. The number of rotatable bonds is 3. The zero-order valence-corrected chi connectivity index (χ0v) is 10.9. The van der Waals surface area contributed by atoms with Crippen molar-refractivity contribution in [2.45, 2.75) is 19.4 Å². The average Bonchev–Trinajstić information content (AvgIpc) is 2.77. The van der Waals surface area contributed by atoms with E-state index in [0.29, 0.717) is 21.5 Å². The third-order valence-corrected chi connectivity index (χ3v) is 3.03. The third-order valence-electron chi connectivity index (χ3n) is 2.54. The first-order valence-electron chi connectivity index (χ1n) is 5.29. The van der Waals surface area contributed by atoms with Gasteiger partial charge < -0.3 is 10.3 Å². The average molecular weight is 299 g/mol. The maximum Gasteiger partial charge on any atom is 0.154 e. The highest BCUT2D eigenvalue weighted by molar-refractivity contribution is 9.10. The summed E-state index contributed by atoms with van der Waals surface area (Å²) < 4.78 is 19.5. The Morgan fingerprint density at radius 3 is 2.88 bits per heavy atom. The molecule has 0 aliphatic carbocycles. The molecular formula is C12H12BrFN2O. The van der Waals surface area contributed by atoms with Gasteiger partial charge in [-0.1, -0.05) is 28.0 Å². The van der Waals surface area contributed by atoms with Crippen molar-refractivity contribution in [3.63, 3.8) is 0 Å². The Kier molecular flexibility index (Phi) is 3.59. The van der Waals surface area contributed by atoms with Crippen LogP contribution in [0, 0.1) is 5.82 Å². The molecule has 1 heterocycles. The highest BCUT2D eigenvalue weighted by Gasteiger charge is 2.14. The van der Waals surface area contributed by atoms with E-state index in [1.165, 1.54) is 6.07 Å². The quantitative estimate of drug-likeness (QED) is 0.941. The van der Waals surface area contributed by atoms with Gasteiger partial charge in [0, 0.05) is 16.1 Å². The monoisotopic (exact) mass is 298 g/mol. The summed E-state index contributed by atoms with van der Waals surface area (Å²) in [6, 6.07) is 6.28. The van der Waals surface area contributed by atoms with Crippen molar-refractivity contribution >= 4 is 15.9 Å². The first-order valence-corrected chi connectivity index (χ1v) is 6.08. The van der Waals surface area contributed by atoms with Gasteiger partial charge in [-0.05, 0) is 24.6 Å². The van der Waals surface area contributed by atoms with Gasteiger partial charge in [-0.3, -0.25) is 0 Å². The molecule has 0 amide bonds. The van der Waals surface area contributed by atoms with Crippen molar-refractivity contribution < 1.29 is 8.91 Å². The van der Waals surface area contributed by atoms with E-state index >= 15 is 0 Å². The first kappa shape index (κ1) is 12.3. The van der Waals surface area contributed by atoms with Crippen molar-refractivity contribution in [2.24, 2.45) is 5.73 Å². The SMILES string of the molecule is CCC(N)c1cc(-c2ccc(Br)cc2F)no1. The molecule has 0 bridgehead atoms. The van der Waals surface area contributed by atoms with Crippen molar-refractivity contribution in [1.82, 2.24) is 5.16 Å². The summed E-state index contributed by atoms with van der Waals surface area (Å²) in [4.78, 5) is 0. The Morgan fingerprint density at radius 1 is 1.47 bits per heavy atom. The summed E-state index contributed by atoms with van der Waals surface area (Å²) >= 11 is 3.20. The molecule has 0 aliphatic rings. The molecule has 0 radical (unpaired) electrons. The lowest BCUT2D eigenvalue weighted by atomic mass is 10.1. The molecular weight excluding hydrogens is 287 g/mol. The fraction of sp³-hybridized carbons (Fsp3) is 0.250. The van der Waals surface area contributed by atoms with Crippen molar-refractivity contribution in [1.29, 1.82) is 0 Å². The van der Waals surface area contributed by atoms with Crippen molar-refractivity contribution in [3.8, 4) is 11.3 Å². The van der Waals surface area contributed by atoms with Gasteiger partial charge in [-0.25, -0.2) is 4.39 Å². The smallest absolute Gasteiger partial charge is 0.154 e. The Morgan fingerprint density at radius 2 is 2.24 bits per heavy atom. The number of aromatic nitrogens is 1. The van der Waals surface area contributed by atoms with Gasteiger partial charge in [-0.2, -0.15) is 0 Å². The second-order valence-electron chi connectivity index (χ2n) is 3.75. The fourth-order valence-corrected chi connectivity index (χ4v) is 1.82. The molecule has 0 saturated heterocycles. The summed E-state index contributed by atoms with van der Waals surface area (Å²) in [7, 11) is 0. The number of hydrogen-bond donors (Lipinski definition) is 1. The van der Waals surface area contributed by atoms with E-state index < -0.39 is 0 Å². The minimum Gasteiger partial charge on any atom is -0.359 e. The van der Waals surface area contributed by atoms with Gasteiger partial charge >= 0.3 is 0 Å². The van der Waals surface area contributed by atoms with E-state index in [-0.39, 0.29) is 11.9 Å². The lowest BCUT2D eigenvalue weighted by molar-refractivity contribution is 0.360. The largest absolute Gasteiger partial charge is 0.359 e. The van der Waals surface area contributed by atoms with Crippen LogP contribution in [0.25, 0.3) is 11.3 Å². The zero-order chi connectivity index (χ0) is 12.4. The maximum atomic E-state index is 13.7. The number of nitrogens with zero attached hydrogens (tertiary/aromatic N) is 1. The normalized spacial score (nSPS) is 12.7. The highest BCUT2D eigenvalue weighted by atomic mass is 79.9. The van der Waals surface area contributed by atoms with Crippen LogP contribution in [-0.2, 0) is 0 Å². The van der Waals surface area contributed by atoms with Gasteiger partial charge in [0.2, 0.25) is 0 Å². The number of halogens is 2. The van der Waals surface area contributed by atoms with Gasteiger partial charge in [-0.15, -0.1) is 0 Å². The minimum absolute atomic E-state index is 0.199. The molecule has 1 aromatic heterocycles. The molecule has 3 nitrogen and oxygen atoms in total. The highest BCUT2D eigenvalue weighted by Crippen LogP contribution is 2.27. The van der Waals surface area contributed by atoms with E-state index in [2.05, 4.69) is 21.1 Å². The first-order chi connectivity index (χ1) is 8.11. The van der Waals surface area contributed by atoms with E-state index in [1.807, 2.05) is 6.92 Å². The number of benzene rings is 1. The fourth-order valence-electron chi connectivity index (χ4n) is 1.49. The van der Waals surface area contributed by atoms with Crippen LogP contribution in [0.5, 0.6) is 0 Å². The van der Waals surface area contributed by atoms with Crippen LogP contribution in [0.15, 0.2) is 33.3 Å². The Hall–Kier alpha value is -1.20. The second-order valence-corrected chi connectivity index (χ2v) is 4.67. The number of hydrogen-bond acceptors (Lipinski definition) is 3. The predicted octanol–water partition coefficient (Wildman–Crippen LogP) is 3.65. The van der Waals surface area contributed by atoms with Gasteiger partial charge in [0.05, 0.1) is 6.04 Å². The summed E-state index contributed by atoms with van der Waals surface area (Å²) in [5, 5.41) is 3.84. The summed E-state index contributed by atoms with van der Waals surface area (Å²) in [6.45, 7) is 1.95. The Bertz CT molecular complexity index is 527. The Balaban J connectivity index is 2.37. The van der Waals surface area contributed by atoms with Gasteiger partial charge in [0.1, 0.15) is 11.5 Å². The Labute approximate surface area is 107 Å². The number of nitrogens with two attached hydrogens (primary N) is 1. The topological polar surface area (TPSA) is 52.0 Å². The van der Waals surface area contributed by atoms with Crippen LogP contribution < -0.4 is 5.73 Å². The summed E-state index contributed by atoms with van der Waals surface area (Å²) in [5.41, 5.74) is 6.69. The van der Waals surface area contributed by atoms with E-state index in [0.717, 1.165) is 6.42 Å². The molecule has 0 spiro atoms. The van der Waals surface area contributed by atoms with Crippen LogP contribution in [-0.4, -0.2) is 5.16 Å². The molecule has 17 heavy (non-hydrogen) atoms. The lowest BCUT2D eigenvalue weighted by Crippen LogP contribution is -2.06.